The number of aromatic nitrogens is 1. The van der Waals surface area contributed by atoms with Gasteiger partial charge in [-0.05, 0) is 37.3 Å². The van der Waals surface area contributed by atoms with E-state index in [1.165, 1.54) is 0 Å². The van der Waals surface area contributed by atoms with Crippen LogP contribution in [-0.4, -0.2) is 64.5 Å². The molecule has 3 saturated heterocycles. The molecule has 0 spiro atoms. The van der Waals surface area contributed by atoms with E-state index >= 15 is 0 Å². The van der Waals surface area contributed by atoms with Gasteiger partial charge in [-0.15, -0.1) is 0 Å². The lowest BCUT2D eigenvalue weighted by molar-refractivity contribution is -0.133. The van der Waals surface area contributed by atoms with Gasteiger partial charge >= 0.3 is 0 Å². The number of fused-ring (bicyclic) bond motifs is 1. The lowest BCUT2D eigenvalue weighted by Crippen LogP contribution is -2.46. The second-order valence-electron chi connectivity index (χ2n) is 7.22. The average Bonchev–Trinajstić information content (AvgIpc) is 3.19. The minimum absolute atomic E-state index is 0.0664. The Morgan fingerprint density at radius 3 is 2.84 bits per heavy atom. The van der Waals surface area contributed by atoms with Gasteiger partial charge in [0, 0.05) is 51.0 Å². The molecule has 134 valence electrons. The Morgan fingerprint density at radius 1 is 1.24 bits per heavy atom. The molecule has 6 heteroatoms. The molecule has 3 aliphatic rings. The lowest BCUT2D eigenvalue weighted by atomic mass is 10.0. The van der Waals surface area contributed by atoms with Crippen LogP contribution in [0.2, 0.25) is 0 Å². The molecule has 0 saturated carbocycles. The second kappa shape index (κ2) is 7.12. The van der Waals surface area contributed by atoms with Crippen molar-refractivity contribution < 1.29 is 14.3 Å². The lowest BCUT2D eigenvalue weighted by Gasteiger charge is -2.35. The van der Waals surface area contributed by atoms with Crippen LogP contribution in [0, 0.1) is 0 Å². The molecule has 3 aliphatic heterocycles. The fourth-order valence-corrected chi connectivity index (χ4v) is 4.57. The highest BCUT2D eigenvalue weighted by Crippen LogP contribution is 2.36. The van der Waals surface area contributed by atoms with Crippen molar-refractivity contribution in [2.45, 2.75) is 56.7 Å². The van der Waals surface area contributed by atoms with Crippen LogP contribution in [0.3, 0.4) is 0 Å². The highest BCUT2D eigenvalue weighted by Gasteiger charge is 2.50. The Labute approximate surface area is 148 Å². The van der Waals surface area contributed by atoms with Gasteiger partial charge in [-0.1, -0.05) is 6.07 Å². The van der Waals surface area contributed by atoms with Gasteiger partial charge in [0.15, 0.2) is 0 Å². The molecule has 2 atom stereocenters. The van der Waals surface area contributed by atoms with Crippen LogP contribution in [0.1, 0.15) is 37.7 Å². The summed E-state index contributed by atoms with van der Waals surface area (Å²) in [5.41, 5.74) is 1.08. The number of likely N-dealkylation sites (tertiary alicyclic amines) is 2. The third kappa shape index (κ3) is 3.27. The number of ether oxygens (including phenoxy) is 1. The Hall–Kier alpha value is -1.95. The maximum absolute atomic E-state index is 12.7. The Kier molecular flexibility index (Phi) is 4.70. The van der Waals surface area contributed by atoms with E-state index in [1.54, 1.807) is 6.20 Å². The van der Waals surface area contributed by atoms with Crippen molar-refractivity contribution in [1.29, 1.82) is 0 Å². The SMILES string of the molecule is O=C(CCc1cccnc1)N1CC[C@H]2[C@@H]1CC(=O)N2C1CCOCC1. The molecule has 0 unspecified atom stereocenters. The monoisotopic (exact) mass is 343 g/mol. The van der Waals surface area contributed by atoms with Gasteiger partial charge in [0.1, 0.15) is 0 Å². The first kappa shape index (κ1) is 16.5. The van der Waals surface area contributed by atoms with E-state index in [9.17, 15) is 9.59 Å². The molecule has 0 aliphatic carbocycles. The molecule has 25 heavy (non-hydrogen) atoms. The third-order valence-electron chi connectivity index (χ3n) is 5.79. The minimum atomic E-state index is 0.0664. The highest BCUT2D eigenvalue weighted by atomic mass is 16.5. The molecule has 2 amide bonds. The summed E-state index contributed by atoms with van der Waals surface area (Å²) in [4.78, 5) is 33.4. The van der Waals surface area contributed by atoms with E-state index < -0.39 is 0 Å². The molecular formula is C19H25N3O3. The number of nitrogens with zero attached hydrogens (tertiary/aromatic N) is 3. The molecule has 1 aromatic rings. The molecule has 6 nitrogen and oxygen atoms in total. The first-order valence-electron chi connectivity index (χ1n) is 9.31. The first-order valence-corrected chi connectivity index (χ1v) is 9.31. The summed E-state index contributed by atoms with van der Waals surface area (Å²) in [5, 5.41) is 0. The fourth-order valence-electron chi connectivity index (χ4n) is 4.57. The Balaban J connectivity index is 1.38. The number of hydrogen-bond acceptors (Lipinski definition) is 4. The van der Waals surface area contributed by atoms with E-state index in [0.717, 1.165) is 44.6 Å². The number of rotatable bonds is 4. The Morgan fingerprint density at radius 2 is 2.08 bits per heavy atom. The van der Waals surface area contributed by atoms with Crippen LogP contribution in [0.5, 0.6) is 0 Å². The molecule has 4 heterocycles. The Bertz CT molecular complexity index is 630. The van der Waals surface area contributed by atoms with E-state index in [0.29, 0.717) is 25.3 Å². The maximum atomic E-state index is 12.7. The van der Waals surface area contributed by atoms with Crippen LogP contribution in [0.25, 0.3) is 0 Å². The van der Waals surface area contributed by atoms with Gasteiger partial charge in [0.2, 0.25) is 11.8 Å². The summed E-state index contributed by atoms with van der Waals surface area (Å²) in [7, 11) is 0. The van der Waals surface area contributed by atoms with Crippen molar-refractivity contribution in [3.05, 3.63) is 30.1 Å². The predicted molar refractivity (Wildman–Crippen MR) is 91.8 cm³/mol. The normalized spacial score (nSPS) is 27.0. The van der Waals surface area contributed by atoms with Crippen molar-refractivity contribution in [2.75, 3.05) is 19.8 Å². The zero-order chi connectivity index (χ0) is 17.2. The molecule has 1 aromatic heterocycles. The molecule has 0 aromatic carbocycles. The molecule has 4 rings (SSSR count). The fraction of sp³-hybridized carbons (Fsp3) is 0.632. The molecular weight excluding hydrogens is 318 g/mol. The van der Waals surface area contributed by atoms with Gasteiger partial charge in [-0.2, -0.15) is 0 Å². The van der Waals surface area contributed by atoms with Gasteiger partial charge < -0.3 is 14.5 Å². The summed E-state index contributed by atoms with van der Waals surface area (Å²) >= 11 is 0. The molecule has 0 bridgehead atoms. The van der Waals surface area contributed by atoms with Gasteiger partial charge in [0.25, 0.3) is 0 Å². The van der Waals surface area contributed by atoms with Gasteiger partial charge in [0.05, 0.1) is 12.1 Å². The summed E-state index contributed by atoms with van der Waals surface area (Å²) in [5.74, 6) is 0.379. The van der Waals surface area contributed by atoms with Crippen LogP contribution < -0.4 is 0 Å². The van der Waals surface area contributed by atoms with Crippen molar-refractivity contribution in [3.63, 3.8) is 0 Å². The number of aryl methyl sites for hydroxylation is 1. The largest absolute Gasteiger partial charge is 0.381 e. The maximum Gasteiger partial charge on any atom is 0.225 e. The number of pyridine rings is 1. The highest BCUT2D eigenvalue weighted by molar-refractivity contribution is 5.84. The number of carbonyl (C=O) groups excluding carboxylic acids is 2. The smallest absolute Gasteiger partial charge is 0.225 e. The topological polar surface area (TPSA) is 62.7 Å². The summed E-state index contributed by atoms with van der Waals surface area (Å²) in [6.07, 6.45) is 7.98. The van der Waals surface area contributed by atoms with Crippen molar-refractivity contribution in [1.82, 2.24) is 14.8 Å². The van der Waals surface area contributed by atoms with Crippen LogP contribution in [0.15, 0.2) is 24.5 Å². The van der Waals surface area contributed by atoms with Crippen molar-refractivity contribution in [3.8, 4) is 0 Å². The standard InChI is InChI=1S/C19H25N3O3/c23-18(4-3-14-2-1-8-20-13-14)21-9-5-16-17(21)12-19(24)22(16)15-6-10-25-11-7-15/h1-2,8,13,15-17H,3-7,9-12H2/t16-,17-/m0/s1. The minimum Gasteiger partial charge on any atom is -0.381 e. The molecule has 0 radical (unpaired) electrons. The van der Waals surface area contributed by atoms with E-state index in [-0.39, 0.29) is 23.9 Å². The average molecular weight is 343 g/mol. The second-order valence-corrected chi connectivity index (χ2v) is 7.22. The van der Waals surface area contributed by atoms with E-state index in [2.05, 4.69) is 9.88 Å². The quantitative estimate of drug-likeness (QED) is 0.829. The van der Waals surface area contributed by atoms with E-state index in [4.69, 9.17) is 4.74 Å². The van der Waals surface area contributed by atoms with Gasteiger partial charge in [-0.25, -0.2) is 0 Å². The molecule has 3 fully saturated rings. The van der Waals surface area contributed by atoms with Crippen LogP contribution in [0.4, 0.5) is 0 Å². The molecule has 0 N–H and O–H groups in total. The first-order chi connectivity index (χ1) is 12.2. The third-order valence-corrected chi connectivity index (χ3v) is 5.79. The summed E-state index contributed by atoms with van der Waals surface area (Å²) in [6.45, 7) is 2.24. The summed E-state index contributed by atoms with van der Waals surface area (Å²) in [6, 6.07) is 4.46. The van der Waals surface area contributed by atoms with Crippen molar-refractivity contribution >= 4 is 11.8 Å². The van der Waals surface area contributed by atoms with Crippen LogP contribution >= 0.6 is 0 Å². The van der Waals surface area contributed by atoms with Crippen molar-refractivity contribution in [2.24, 2.45) is 0 Å². The summed E-state index contributed by atoms with van der Waals surface area (Å²) < 4.78 is 5.43. The van der Waals surface area contributed by atoms with Gasteiger partial charge in [-0.3, -0.25) is 14.6 Å². The number of hydrogen-bond donors (Lipinski definition) is 0. The number of amides is 2. The zero-order valence-electron chi connectivity index (χ0n) is 14.5. The number of carbonyl (C=O) groups is 2. The van der Waals surface area contributed by atoms with Crippen LogP contribution in [-0.2, 0) is 20.7 Å². The van der Waals surface area contributed by atoms with E-state index in [1.807, 2.05) is 23.2 Å². The predicted octanol–water partition coefficient (Wildman–Crippen LogP) is 1.39. The zero-order valence-corrected chi connectivity index (χ0v) is 14.5.